The number of pyridine rings is 1. The van der Waals surface area contributed by atoms with Crippen molar-refractivity contribution < 1.29 is 9.18 Å². The van der Waals surface area contributed by atoms with Crippen LogP contribution in [0.4, 0.5) is 10.1 Å². The molecule has 0 aromatic carbocycles. The number of aromatic nitrogens is 1. The van der Waals surface area contributed by atoms with Crippen molar-refractivity contribution in [1.29, 1.82) is 0 Å². The van der Waals surface area contributed by atoms with Crippen molar-refractivity contribution in [3.8, 4) is 0 Å². The molecule has 0 unspecified atom stereocenters. The van der Waals surface area contributed by atoms with Crippen LogP contribution >= 0.6 is 0 Å². The second kappa shape index (κ2) is 7.60. The van der Waals surface area contributed by atoms with Crippen molar-refractivity contribution in [2.75, 3.05) is 25.1 Å². The highest BCUT2D eigenvalue weighted by molar-refractivity contribution is 5.92. The highest BCUT2D eigenvalue weighted by Crippen LogP contribution is 2.05. The number of hydrogen-bond donors (Lipinski definition) is 2. The van der Waals surface area contributed by atoms with E-state index >= 15 is 0 Å². The van der Waals surface area contributed by atoms with E-state index in [9.17, 15) is 9.18 Å². The number of anilines is 1. The summed E-state index contributed by atoms with van der Waals surface area (Å²) in [6, 6.07) is 3.47. The summed E-state index contributed by atoms with van der Waals surface area (Å²) in [5.41, 5.74) is 1.25. The van der Waals surface area contributed by atoms with E-state index in [2.05, 4.69) is 22.5 Å². The Kier molecular flexibility index (Phi) is 5.99. The van der Waals surface area contributed by atoms with Crippen LogP contribution in [-0.4, -0.2) is 30.7 Å². The lowest BCUT2D eigenvalue weighted by atomic mass is 10.3. The largest absolute Gasteiger partial charge is 0.384 e. The Hall–Kier alpha value is -1.65. The van der Waals surface area contributed by atoms with Gasteiger partial charge in [-0.1, -0.05) is 6.92 Å². The lowest BCUT2D eigenvalue weighted by Gasteiger charge is -2.06. The zero-order valence-electron chi connectivity index (χ0n) is 10.0. The summed E-state index contributed by atoms with van der Waals surface area (Å²) in [5, 5.41) is 5.77. The molecule has 1 amide bonds. The van der Waals surface area contributed by atoms with Crippen molar-refractivity contribution in [2.24, 2.45) is 0 Å². The number of rotatable bonds is 7. The van der Waals surface area contributed by atoms with Crippen molar-refractivity contribution >= 4 is 11.6 Å². The molecule has 4 nitrogen and oxygen atoms in total. The van der Waals surface area contributed by atoms with Crippen LogP contribution in [0.1, 0.15) is 30.3 Å². The van der Waals surface area contributed by atoms with Gasteiger partial charge in [0.05, 0.1) is 18.6 Å². The first kappa shape index (κ1) is 13.4. The third-order valence-corrected chi connectivity index (χ3v) is 2.17. The van der Waals surface area contributed by atoms with Crippen LogP contribution in [0.5, 0.6) is 0 Å². The fourth-order valence-corrected chi connectivity index (χ4v) is 1.26. The lowest BCUT2D eigenvalue weighted by Crippen LogP contribution is -2.25. The molecule has 1 rings (SSSR count). The summed E-state index contributed by atoms with van der Waals surface area (Å²) < 4.78 is 11.8. The summed E-state index contributed by atoms with van der Waals surface area (Å²) in [4.78, 5) is 15.6. The smallest absolute Gasteiger partial charge is 0.269 e. The van der Waals surface area contributed by atoms with Gasteiger partial charge in [-0.2, -0.15) is 0 Å². The lowest BCUT2D eigenvalue weighted by molar-refractivity contribution is 0.0947. The van der Waals surface area contributed by atoms with Gasteiger partial charge in [-0.15, -0.1) is 0 Å². The van der Waals surface area contributed by atoms with E-state index in [1.165, 1.54) is 0 Å². The molecule has 2 N–H and O–H groups in total. The fourth-order valence-electron chi connectivity index (χ4n) is 1.26. The molecule has 0 bridgehead atoms. The van der Waals surface area contributed by atoms with Gasteiger partial charge in [-0.3, -0.25) is 9.18 Å². The van der Waals surface area contributed by atoms with Crippen LogP contribution in [0, 0.1) is 0 Å². The molecule has 5 heteroatoms. The van der Waals surface area contributed by atoms with Gasteiger partial charge >= 0.3 is 0 Å². The number of carbonyl (C=O) groups is 1. The molecule has 94 valence electrons. The molecule has 0 spiro atoms. The molecule has 0 aliphatic rings. The Morgan fingerprint density at radius 1 is 1.41 bits per heavy atom. The van der Waals surface area contributed by atoms with Gasteiger partial charge in [-0.25, -0.2) is 4.98 Å². The topological polar surface area (TPSA) is 54.0 Å². The highest BCUT2D eigenvalue weighted by atomic mass is 19.1. The maximum atomic E-state index is 11.8. The predicted molar refractivity (Wildman–Crippen MR) is 65.9 cm³/mol. The minimum absolute atomic E-state index is 0.263. The zero-order valence-corrected chi connectivity index (χ0v) is 10.0. The molecule has 0 saturated carbocycles. The third kappa shape index (κ3) is 4.80. The van der Waals surface area contributed by atoms with E-state index < -0.39 is 6.67 Å². The van der Waals surface area contributed by atoms with Crippen molar-refractivity contribution in [2.45, 2.75) is 19.8 Å². The summed E-state index contributed by atoms with van der Waals surface area (Å²) in [6.07, 6.45) is 2.99. The summed E-state index contributed by atoms with van der Waals surface area (Å²) in [7, 11) is 0. The van der Waals surface area contributed by atoms with Crippen molar-refractivity contribution in [1.82, 2.24) is 10.3 Å². The van der Waals surface area contributed by atoms with Crippen LogP contribution in [0.2, 0.25) is 0 Å². The Morgan fingerprint density at radius 2 is 2.24 bits per heavy atom. The molecule has 0 saturated heterocycles. The van der Waals surface area contributed by atoms with Gasteiger partial charge in [0.15, 0.2) is 0 Å². The van der Waals surface area contributed by atoms with E-state index in [-0.39, 0.29) is 5.91 Å². The first-order valence-corrected chi connectivity index (χ1v) is 5.82. The Balaban J connectivity index is 2.46. The molecule has 0 radical (unpaired) electrons. The number of nitrogens with one attached hydrogen (secondary N) is 2. The maximum absolute atomic E-state index is 11.8. The molecule has 17 heavy (non-hydrogen) atoms. The summed E-state index contributed by atoms with van der Waals surface area (Å²) in [6.45, 7) is 2.87. The van der Waals surface area contributed by atoms with Crippen LogP contribution < -0.4 is 10.6 Å². The number of alkyl halides is 1. The van der Waals surface area contributed by atoms with Crippen LogP contribution in [0.15, 0.2) is 18.3 Å². The second-order valence-electron chi connectivity index (χ2n) is 3.66. The zero-order chi connectivity index (χ0) is 12.5. The van der Waals surface area contributed by atoms with Crippen LogP contribution in [0.3, 0.4) is 0 Å². The number of carbonyl (C=O) groups excluding carboxylic acids is 1. The summed E-state index contributed by atoms with van der Waals surface area (Å²) >= 11 is 0. The average Bonchev–Trinajstić information content (AvgIpc) is 2.37. The molecule has 0 atom stereocenters. The quantitative estimate of drug-likeness (QED) is 0.715. The van der Waals surface area contributed by atoms with Gasteiger partial charge in [0.25, 0.3) is 5.91 Å². The minimum atomic E-state index is -0.423. The number of nitrogens with zero attached hydrogens (tertiary/aromatic N) is 1. The molecule has 1 aromatic heterocycles. The van der Waals surface area contributed by atoms with Crippen molar-refractivity contribution in [3.63, 3.8) is 0 Å². The first-order valence-electron chi connectivity index (χ1n) is 5.82. The maximum Gasteiger partial charge on any atom is 0.269 e. The molecular formula is C12H18FN3O. The van der Waals surface area contributed by atoms with Gasteiger partial charge in [-0.05, 0) is 25.0 Å². The second-order valence-corrected chi connectivity index (χ2v) is 3.66. The molecule has 1 heterocycles. The summed E-state index contributed by atoms with van der Waals surface area (Å²) in [5.74, 6) is -0.263. The molecule has 0 fully saturated rings. The monoisotopic (exact) mass is 239 g/mol. The third-order valence-electron chi connectivity index (χ3n) is 2.17. The minimum Gasteiger partial charge on any atom is -0.384 e. The van der Waals surface area contributed by atoms with Gasteiger partial charge < -0.3 is 10.6 Å². The standard InChI is InChI=1S/C12H18FN3O/c1-2-7-14-10-4-5-11(16-9-10)12(17)15-8-3-6-13/h4-5,9,14H,2-3,6-8H2,1H3,(H,15,17). The molecule has 1 aromatic rings. The Labute approximate surface area is 101 Å². The van der Waals surface area contributed by atoms with E-state index in [0.29, 0.717) is 18.7 Å². The highest BCUT2D eigenvalue weighted by Gasteiger charge is 2.05. The van der Waals surface area contributed by atoms with Gasteiger partial charge in [0.1, 0.15) is 5.69 Å². The predicted octanol–water partition coefficient (Wildman–Crippen LogP) is 1.99. The van der Waals surface area contributed by atoms with E-state index in [1.54, 1.807) is 12.3 Å². The van der Waals surface area contributed by atoms with Gasteiger partial charge in [0.2, 0.25) is 0 Å². The fraction of sp³-hybridized carbons (Fsp3) is 0.500. The molecular weight excluding hydrogens is 221 g/mol. The normalized spacial score (nSPS) is 10.0. The Bertz CT molecular complexity index is 340. The first-order chi connectivity index (χ1) is 8.27. The average molecular weight is 239 g/mol. The number of hydrogen-bond acceptors (Lipinski definition) is 3. The van der Waals surface area contributed by atoms with Crippen LogP contribution in [0.25, 0.3) is 0 Å². The Morgan fingerprint density at radius 3 is 2.82 bits per heavy atom. The van der Waals surface area contributed by atoms with E-state index in [4.69, 9.17) is 0 Å². The van der Waals surface area contributed by atoms with Crippen LogP contribution in [-0.2, 0) is 0 Å². The number of amides is 1. The molecule has 0 aliphatic heterocycles. The SMILES string of the molecule is CCCNc1ccc(C(=O)NCCCF)nc1. The molecule has 0 aliphatic carbocycles. The number of halogens is 1. The van der Waals surface area contributed by atoms with Crippen molar-refractivity contribution in [3.05, 3.63) is 24.0 Å². The van der Waals surface area contributed by atoms with Gasteiger partial charge in [0, 0.05) is 13.1 Å². The van der Waals surface area contributed by atoms with E-state index in [1.807, 2.05) is 6.07 Å². The van der Waals surface area contributed by atoms with E-state index in [0.717, 1.165) is 18.7 Å².